The van der Waals surface area contributed by atoms with Gasteiger partial charge in [-0.15, -0.1) is 0 Å². The molecular formula is C21H20O2. The molecule has 0 aliphatic heterocycles. The van der Waals surface area contributed by atoms with Crippen molar-refractivity contribution in [2.45, 2.75) is 32.1 Å². The van der Waals surface area contributed by atoms with Crippen molar-refractivity contribution in [3.05, 3.63) is 53.1 Å². The molecule has 5 rings (SSSR count). The van der Waals surface area contributed by atoms with Gasteiger partial charge in [0.15, 0.2) is 0 Å². The predicted octanol–water partition coefficient (Wildman–Crippen LogP) is 4.24. The van der Waals surface area contributed by atoms with E-state index in [-0.39, 0.29) is 5.41 Å². The molecule has 2 aromatic carbocycles. The average molecular weight is 304 g/mol. The molecule has 2 heteroatoms. The topological polar surface area (TPSA) is 26.3 Å². The zero-order chi connectivity index (χ0) is 15.6. The zero-order valence-corrected chi connectivity index (χ0v) is 13.4. The Balaban J connectivity index is 1.66. The molecule has 0 N–H and O–H groups in total. The van der Waals surface area contributed by atoms with Gasteiger partial charge in [0.05, 0.1) is 7.11 Å². The summed E-state index contributed by atoms with van der Waals surface area (Å²) in [4.78, 5) is 13.0. The fourth-order valence-corrected chi connectivity index (χ4v) is 5.12. The fraction of sp³-hybridized carbons (Fsp3) is 0.381. The molecular weight excluding hydrogens is 284 g/mol. The number of benzene rings is 2. The molecule has 2 atom stereocenters. The Morgan fingerprint density at radius 1 is 1.17 bits per heavy atom. The van der Waals surface area contributed by atoms with Gasteiger partial charge >= 0.3 is 0 Å². The number of rotatable bonds is 1. The lowest BCUT2D eigenvalue weighted by Gasteiger charge is -2.39. The maximum atomic E-state index is 13.0. The first-order valence-corrected chi connectivity index (χ1v) is 8.49. The van der Waals surface area contributed by atoms with Crippen molar-refractivity contribution in [2.24, 2.45) is 11.3 Å². The molecule has 116 valence electrons. The lowest BCUT2D eigenvalue weighted by atomic mass is 9.63. The highest BCUT2D eigenvalue weighted by Gasteiger charge is 2.53. The molecule has 2 unspecified atom stereocenters. The maximum Gasteiger partial charge on any atom is 0.144 e. The number of ether oxygens (including phenoxy) is 1. The molecule has 1 spiro atoms. The van der Waals surface area contributed by atoms with Crippen molar-refractivity contribution < 1.29 is 9.53 Å². The highest BCUT2D eigenvalue weighted by Crippen LogP contribution is 2.57. The normalized spacial score (nSPS) is 28.3. The van der Waals surface area contributed by atoms with Crippen LogP contribution in [0.3, 0.4) is 0 Å². The molecule has 3 aliphatic rings. The van der Waals surface area contributed by atoms with E-state index in [1.54, 1.807) is 7.11 Å². The number of carbonyl (C=O) groups excluding carboxylic acids is 1. The summed E-state index contributed by atoms with van der Waals surface area (Å²) in [6.07, 6.45) is 7.14. The largest absolute Gasteiger partial charge is 0.496 e. The summed E-state index contributed by atoms with van der Waals surface area (Å²) in [5, 5.41) is 2.34. The number of carbonyl (C=O) groups is 1. The van der Waals surface area contributed by atoms with E-state index in [1.807, 2.05) is 12.1 Å². The second-order valence-electron chi connectivity index (χ2n) is 7.41. The third kappa shape index (κ3) is 1.72. The molecule has 0 saturated heterocycles. The summed E-state index contributed by atoms with van der Waals surface area (Å²) in [6, 6.07) is 10.6. The number of ketones is 1. The van der Waals surface area contributed by atoms with Gasteiger partial charge in [-0.2, -0.15) is 0 Å². The monoisotopic (exact) mass is 304 g/mol. The predicted molar refractivity (Wildman–Crippen MR) is 90.8 cm³/mol. The standard InChI is InChI=1S/C21H20O2/c1-23-19-4-2-3-14-8-15-10-20(22)21(12-16(15)9-18(14)19)11-13-5-6-17(21)7-13/h2-5,8-9,17H,6-7,10-12H2,1H3. The quantitative estimate of drug-likeness (QED) is 0.737. The maximum absolute atomic E-state index is 13.0. The second-order valence-corrected chi connectivity index (χ2v) is 7.41. The zero-order valence-electron chi connectivity index (χ0n) is 13.4. The van der Waals surface area contributed by atoms with Crippen molar-refractivity contribution in [1.82, 2.24) is 0 Å². The van der Waals surface area contributed by atoms with Crippen LogP contribution in [-0.4, -0.2) is 12.9 Å². The fourth-order valence-electron chi connectivity index (χ4n) is 5.12. The highest BCUT2D eigenvalue weighted by molar-refractivity contribution is 5.95. The van der Waals surface area contributed by atoms with Crippen LogP contribution in [0.5, 0.6) is 5.75 Å². The number of hydrogen-bond acceptors (Lipinski definition) is 2. The van der Waals surface area contributed by atoms with Crippen molar-refractivity contribution in [1.29, 1.82) is 0 Å². The summed E-state index contributed by atoms with van der Waals surface area (Å²) in [5.41, 5.74) is 3.99. The second kappa shape index (κ2) is 4.47. The van der Waals surface area contributed by atoms with Crippen LogP contribution in [0.15, 0.2) is 42.0 Å². The van der Waals surface area contributed by atoms with E-state index in [9.17, 15) is 4.79 Å². The molecule has 0 radical (unpaired) electrons. The molecule has 23 heavy (non-hydrogen) atoms. The smallest absolute Gasteiger partial charge is 0.144 e. The van der Waals surface area contributed by atoms with Crippen LogP contribution in [0, 0.1) is 11.3 Å². The number of methoxy groups -OCH3 is 1. The summed E-state index contributed by atoms with van der Waals surface area (Å²) in [7, 11) is 1.72. The van der Waals surface area contributed by atoms with Crippen molar-refractivity contribution in [2.75, 3.05) is 7.11 Å². The molecule has 2 aromatic rings. The van der Waals surface area contributed by atoms with Gasteiger partial charge in [-0.1, -0.05) is 29.8 Å². The molecule has 1 fully saturated rings. The van der Waals surface area contributed by atoms with Crippen LogP contribution in [-0.2, 0) is 17.6 Å². The molecule has 2 nitrogen and oxygen atoms in total. The third-order valence-electron chi connectivity index (χ3n) is 6.32. The van der Waals surface area contributed by atoms with Gasteiger partial charge in [-0.25, -0.2) is 0 Å². The molecule has 1 saturated carbocycles. The minimum atomic E-state index is -0.104. The summed E-state index contributed by atoms with van der Waals surface area (Å²) in [6.45, 7) is 0. The van der Waals surface area contributed by atoms with E-state index in [0.717, 1.165) is 31.4 Å². The van der Waals surface area contributed by atoms with Crippen molar-refractivity contribution >= 4 is 16.6 Å². The van der Waals surface area contributed by atoms with Gasteiger partial charge in [-0.3, -0.25) is 4.79 Å². The van der Waals surface area contributed by atoms with Crippen LogP contribution < -0.4 is 4.74 Å². The minimum Gasteiger partial charge on any atom is -0.496 e. The lowest BCUT2D eigenvalue weighted by Crippen LogP contribution is -2.42. The lowest BCUT2D eigenvalue weighted by molar-refractivity contribution is -0.131. The van der Waals surface area contributed by atoms with E-state index >= 15 is 0 Å². The Bertz CT molecular complexity index is 877. The van der Waals surface area contributed by atoms with E-state index in [2.05, 4.69) is 24.3 Å². The summed E-state index contributed by atoms with van der Waals surface area (Å²) in [5.74, 6) is 1.94. The summed E-state index contributed by atoms with van der Waals surface area (Å²) < 4.78 is 5.53. The number of fused-ring (bicyclic) bond motifs is 5. The van der Waals surface area contributed by atoms with E-state index in [4.69, 9.17) is 4.74 Å². The Labute approximate surface area is 136 Å². The van der Waals surface area contributed by atoms with Crippen molar-refractivity contribution in [3.8, 4) is 5.75 Å². The van der Waals surface area contributed by atoms with Crippen LogP contribution in [0.2, 0.25) is 0 Å². The van der Waals surface area contributed by atoms with Gasteiger partial charge in [-0.05, 0) is 60.2 Å². The first-order valence-electron chi connectivity index (χ1n) is 8.49. The van der Waals surface area contributed by atoms with Gasteiger partial charge in [0, 0.05) is 17.2 Å². The Morgan fingerprint density at radius 2 is 2.09 bits per heavy atom. The highest BCUT2D eigenvalue weighted by atomic mass is 16.5. The first-order chi connectivity index (χ1) is 11.2. The third-order valence-corrected chi connectivity index (χ3v) is 6.32. The van der Waals surface area contributed by atoms with Gasteiger partial charge in [0.1, 0.15) is 11.5 Å². The minimum absolute atomic E-state index is 0.104. The molecule has 0 amide bonds. The molecule has 0 heterocycles. The van der Waals surface area contributed by atoms with Gasteiger partial charge in [0.25, 0.3) is 0 Å². The summed E-state index contributed by atoms with van der Waals surface area (Å²) >= 11 is 0. The SMILES string of the molecule is COc1cccc2cc3c(cc12)CC1(CC2=CCC1C2)C(=O)C3. The van der Waals surface area contributed by atoms with E-state index < -0.39 is 0 Å². The van der Waals surface area contributed by atoms with E-state index in [1.165, 1.54) is 27.5 Å². The number of Topliss-reactive ketones (excluding diaryl/α,β-unsaturated/α-hetero) is 1. The molecule has 3 aliphatic carbocycles. The number of hydrogen-bond donors (Lipinski definition) is 0. The van der Waals surface area contributed by atoms with Crippen LogP contribution in [0.4, 0.5) is 0 Å². The molecule has 2 bridgehead atoms. The Hall–Kier alpha value is -2.09. The van der Waals surface area contributed by atoms with Crippen molar-refractivity contribution in [3.63, 3.8) is 0 Å². The Morgan fingerprint density at radius 3 is 2.83 bits per heavy atom. The van der Waals surface area contributed by atoms with Gasteiger partial charge < -0.3 is 4.74 Å². The Kier molecular flexibility index (Phi) is 2.60. The first kappa shape index (κ1) is 13.4. The average Bonchev–Trinajstić information content (AvgIpc) is 3.15. The molecule has 0 aromatic heterocycles. The van der Waals surface area contributed by atoms with Gasteiger partial charge in [0.2, 0.25) is 0 Å². The van der Waals surface area contributed by atoms with E-state index in [0.29, 0.717) is 18.1 Å². The van der Waals surface area contributed by atoms with Crippen LogP contribution in [0.1, 0.15) is 30.4 Å². The van der Waals surface area contributed by atoms with Crippen LogP contribution >= 0.6 is 0 Å². The number of allylic oxidation sites excluding steroid dienone is 2. The van der Waals surface area contributed by atoms with Crippen LogP contribution in [0.25, 0.3) is 10.8 Å².